The summed E-state index contributed by atoms with van der Waals surface area (Å²) in [5.74, 6) is 1.41. The Hall–Kier alpha value is -3.93. The summed E-state index contributed by atoms with van der Waals surface area (Å²) < 4.78 is 16.3. The molecule has 0 unspecified atom stereocenters. The Morgan fingerprint density at radius 1 is 0.978 bits per heavy atom. The predicted octanol–water partition coefficient (Wildman–Crippen LogP) is 7.34. The van der Waals surface area contributed by atoms with Crippen LogP contribution in [0.5, 0.6) is 5.75 Å². The molecule has 45 heavy (non-hydrogen) atoms. The zero-order valence-corrected chi connectivity index (χ0v) is 27.1. The van der Waals surface area contributed by atoms with Crippen LogP contribution in [0.3, 0.4) is 0 Å². The van der Waals surface area contributed by atoms with Gasteiger partial charge in [-0.05, 0) is 71.1 Å². The number of aryl methyl sites for hydroxylation is 1. The Morgan fingerprint density at radius 3 is 2.24 bits per heavy atom. The van der Waals surface area contributed by atoms with Gasteiger partial charge in [0.2, 0.25) is 5.58 Å². The molecule has 2 heterocycles. The van der Waals surface area contributed by atoms with Gasteiger partial charge in [-0.1, -0.05) is 62.2 Å². The highest BCUT2D eigenvalue weighted by molar-refractivity contribution is 5.92. The van der Waals surface area contributed by atoms with E-state index < -0.39 is 22.2 Å². The normalized spacial score (nSPS) is 12.9. The molecule has 12 nitrogen and oxygen atoms in total. The van der Waals surface area contributed by atoms with Crippen LogP contribution in [-0.4, -0.2) is 57.2 Å². The average molecular weight is 628 g/mol. The van der Waals surface area contributed by atoms with Crippen LogP contribution in [0, 0.1) is 10.1 Å². The van der Waals surface area contributed by atoms with Crippen molar-refractivity contribution in [3.8, 4) is 5.75 Å². The molecule has 0 aliphatic carbocycles. The maximum absolute atomic E-state index is 12.1. The number of aliphatic hydroxyl groups excluding tert-OH is 1. The van der Waals surface area contributed by atoms with Crippen LogP contribution in [0.2, 0.25) is 0 Å². The van der Waals surface area contributed by atoms with Gasteiger partial charge in [0.25, 0.3) is 0 Å². The van der Waals surface area contributed by atoms with Crippen molar-refractivity contribution in [2.45, 2.75) is 109 Å². The first-order chi connectivity index (χ1) is 21.5. The number of carbonyl (C=O) groups is 1. The number of carbonyl (C=O) groups excluding carboxylic acids is 1. The molecule has 1 aromatic carbocycles. The van der Waals surface area contributed by atoms with E-state index in [9.17, 15) is 20.0 Å². The number of hydrogen-bond donors (Lipinski definition) is 3. The fraction of sp³-hybridized carbons (Fsp3) is 0.606. The van der Waals surface area contributed by atoms with E-state index in [2.05, 4.69) is 20.8 Å². The number of unbranched alkanes of at least 4 members (excludes halogenated alkanes) is 8. The third kappa shape index (κ3) is 12.5. The van der Waals surface area contributed by atoms with Crippen molar-refractivity contribution in [1.29, 1.82) is 0 Å². The van der Waals surface area contributed by atoms with Gasteiger partial charge in [-0.25, -0.2) is 9.78 Å². The van der Waals surface area contributed by atoms with Gasteiger partial charge in [-0.2, -0.15) is 0 Å². The van der Waals surface area contributed by atoms with Gasteiger partial charge in [0.15, 0.2) is 0 Å². The van der Waals surface area contributed by atoms with Crippen LogP contribution >= 0.6 is 0 Å². The van der Waals surface area contributed by atoms with Gasteiger partial charge in [-0.3, -0.25) is 10.1 Å². The highest BCUT2D eigenvalue weighted by atomic mass is 16.6. The van der Waals surface area contributed by atoms with Gasteiger partial charge >= 0.3 is 11.8 Å². The minimum absolute atomic E-state index is 0.144. The molecule has 0 aliphatic heterocycles. The molecule has 0 radical (unpaired) electrons. The van der Waals surface area contributed by atoms with Crippen LogP contribution < -0.4 is 15.4 Å². The van der Waals surface area contributed by atoms with Gasteiger partial charge in [0.05, 0.1) is 35.3 Å². The molecule has 1 amide bonds. The first-order valence-corrected chi connectivity index (χ1v) is 15.9. The van der Waals surface area contributed by atoms with Crippen LogP contribution in [0.15, 0.2) is 41.2 Å². The van der Waals surface area contributed by atoms with Crippen molar-refractivity contribution in [2.75, 3.05) is 25.1 Å². The van der Waals surface area contributed by atoms with Crippen LogP contribution in [0.1, 0.15) is 97.5 Å². The first kappa shape index (κ1) is 35.5. The molecule has 3 rings (SSSR count). The summed E-state index contributed by atoms with van der Waals surface area (Å²) in [5, 5.41) is 31.2. The Bertz CT molecular complexity index is 1340. The van der Waals surface area contributed by atoms with Crippen LogP contribution in [0.4, 0.5) is 16.3 Å². The second-order valence-corrected chi connectivity index (χ2v) is 12.8. The lowest BCUT2D eigenvalue weighted by atomic mass is 9.94. The third-order valence-electron chi connectivity index (χ3n) is 7.49. The van der Waals surface area contributed by atoms with E-state index in [0.717, 1.165) is 43.5 Å². The number of ether oxygens (including phenoxy) is 2. The maximum Gasteiger partial charge on any atom is 0.408 e. The molecule has 0 fully saturated rings. The Morgan fingerprint density at radius 2 is 1.62 bits per heavy atom. The number of nitrogens with one attached hydrogen (secondary N) is 2. The monoisotopic (exact) mass is 627 g/mol. The fourth-order valence-electron chi connectivity index (χ4n) is 4.88. The molecule has 3 aromatic rings. The first-order valence-electron chi connectivity index (χ1n) is 15.9. The molecule has 3 N–H and O–H groups in total. The van der Waals surface area contributed by atoms with E-state index in [0.29, 0.717) is 30.7 Å². The number of fused-ring (bicyclic) bond motifs is 1. The number of anilines is 1. The highest BCUT2D eigenvalue weighted by Crippen LogP contribution is 2.29. The molecular formula is C33H49N5O7. The smallest absolute Gasteiger partial charge is 0.408 e. The van der Waals surface area contributed by atoms with E-state index in [1.165, 1.54) is 44.5 Å². The molecule has 1 atom stereocenters. The second kappa shape index (κ2) is 17.5. The Labute approximate surface area is 265 Å². The maximum atomic E-state index is 12.1. The quantitative estimate of drug-likeness (QED) is 0.0656. The molecule has 0 aliphatic rings. The number of amides is 1. The summed E-state index contributed by atoms with van der Waals surface area (Å²) in [6.45, 7) is 8.50. The standard InChI is InChI=1S/C33H49N5O7/c1-32(2,3)44-31(40)37-33(4,24-39)19-18-25-14-16-26(17-15-25)43-21-13-11-9-7-5-6-8-10-12-20-34-30-27-22-36-45-29(27)28(23-35-30)38(41)42/h14-17,22-23,39H,5-13,18-21,24H2,1-4H3,(H,34,35)(H,37,40)/t33-/m1/s1. The van der Waals surface area contributed by atoms with Crippen molar-refractivity contribution in [2.24, 2.45) is 0 Å². The number of pyridine rings is 1. The minimum atomic E-state index is -0.765. The SMILES string of the molecule is CC(C)(C)OC(=O)N[C@@](C)(CO)CCc1ccc(OCCCCCCCCCCCNc2ncc([N+](=O)[O-])c3oncc23)cc1. The summed E-state index contributed by atoms with van der Waals surface area (Å²) in [5.41, 5.74) is -0.285. The van der Waals surface area contributed by atoms with Gasteiger partial charge in [-0.15, -0.1) is 0 Å². The number of nitro groups is 1. The zero-order valence-electron chi connectivity index (χ0n) is 27.1. The van der Waals surface area contributed by atoms with Crippen LogP contribution in [-0.2, 0) is 11.2 Å². The van der Waals surface area contributed by atoms with Crippen LogP contribution in [0.25, 0.3) is 11.0 Å². The van der Waals surface area contributed by atoms with Crippen molar-refractivity contribution in [1.82, 2.24) is 15.5 Å². The summed E-state index contributed by atoms with van der Waals surface area (Å²) in [7, 11) is 0. The third-order valence-corrected chi connectivity index (χ3v) is 7.49. The number of nitrogens with zero attached hydrogens (tertiary/aromatic N) is 3. The fourth-order valence-corrected chi connectivity index (χ4v) is 4.88. The van der Waals surface area contributed by atoms with Gasteiger partial charge < -0.3 is 29.7 Å². The molecule has 0 saturated carbocycles. The van der Waals surface area contributed by atoms with E-state index in [1.54, 1.807) is 0 Å². The second-order valence-electron chi connectivity index (χ2n) is 12.8. The van der Waals surface area contributed by atoms with E-state index in [-0.39, 0.29) is 17.9 Å². The summed E-state index contributed by atoms with van der Waals surface area (Å²) >= 11 is 0. The highest BCUT2D eigenvalue weighted by Gasteiger charge is 2.28. The van der Waals surface area contributed by atoms with Crippen molar-refractivity contribution in [3.63, 3.8) is 0 Å². The van der Waals surface area contributed by atoms with Gasteiger partial charge in [0, 0.05) is 6.54 Å². The lowest BCUT2D eigenvalue weighted by molar-refractivity contribution is -0.384. The molecular weight excluding hydrogens is 578 g/mol. The molecule has 0 saturated heterocycles. The Balaban J connectivity index is 1.18. The number of aromatic nitrogens is 2. The molecule has 12 heteroatoms. The van der Waals surface area contributed by atoms with E-state index >= 15 is 0 Å². The average Bonchev–Trinajstić information content (AvgIpc) is 3.48. The predicted molar refractivity (Wildman–Crippen MR) is 174 cm³/mol. The molecule has 0 spiro atoms. The zero-order chi connectivity index (χ0) is 32.7. The number of alkyl carbamates (subject to hydrolysis) is 1. The molecule has 2 aromatic heterocycles. The summed E-state index contributed by atoms with van der Waals surface area (Å²) in [6, 6.07) is 8.00. The number of rotatable bonds is 20. The number of benzene rings is 1. The Kier molecular flexibility index (Phi) is 13.8. The summed E-state index contributed by atoms with van der Waals surface area (Å²) in [4.78, 5) is 26.9. The molecule has 0 bridgehead atoms. The summed E-state index contributed by atoms with van der Waals surface area (Å²) in [6.07, 6.45) is 13.7. The largest absolute Gasteiger partial charge is 0.494 e. The number of hydrogen-bond acceptors (Lipinski definition) is 10. The lowest BCUT2D eigenvalue weighted by Crippen LogP contribution is -2.50. The van der Waals surface area contributed by atoms with Gasteiger partial charge in [0.1, 0.15) is 23.4 Å². The van der Waals surface area contributed by atoms with E-state index in [4.69, 9.17) is 14.0 Å². The van der Waals surface area contributed by atoms with Crippen molar-refractivity contribution < 1.29 is 28.8 Å². The number of aliphatic hydroxyl groups is 1. The van der Waals surface area contributed by atoms with Crippen molar-refractivity contribution in [3.05, 3.63) is 52.3 Å². The molecule has 248 valence electrons. The van der Waals surface area contributed by atoms with Crippen molar-refractivity contribution >= 4 is 28.6 Å². The minimum Gasteiger partial charge on any atom is -0.494 e. The lowest BCUT2D eigenvalue weighted by Gasteiger charge is -2.30. The van der Waals surface area contributed by atoms with E-state index in [1.807, 2.05) is 52.0 Å². The topological polar surface area (TPSA) is 162 Å².